The van der Waals surface area contributed by atoms with Gasteiger partial charge in [-0.1, -0.05) is 6.92 Å². The molecule has 1 aliphatic carbocycles. The van der Waals surface area contributed by atoms with Crippen LogP contribution >= 0.6 is 0 Å². The van der Waals surface area contributed by atoms with Crippen LogP contribution in [0.15, 0.2) is 0 Å². The fourth-order valence-electron chi connectivity index (χ4n) is 2.82. The number of alkyl carbamates (subject to hydrolysis) is 1. The van der Waals surface area contributed by atoms with Crippen LogP contribution in [0.3, 0.4) is 0 Å². The van der Waals surface area contributed by atoms with Crippen LogP contribution in [-0.4, -0.2) is 42.3 Å². The molecule has 1 fully saturated rings. The molecule has 6 nitrogen and oxygen atoms in total. The summed E-state index contributed by atoms with van der Waals surface area (Å²) in [6.45, 7) is 10.3. The molecule has 3 atom stereocenters. The lowest BCUT2D eigenvalue weighted by Crippen LogP contribution is -2.46. The molecular formula is C18H35N3O3. The molecule has 0 aromatic heterocycles. The Morgan fingerprint density at radius 1 is 1.21 bits per heavy atom. The van der Waals surface area contributed by atoms with E-state index in [1.54, 1.807) is 0 Å². The lowest BCUT2D eigenvalue weighted by atomic mass is 9.91. The van der Waals surface area contributed by atoms with Gasteiger partial charge in [-0.05, 0) is 59.8 Å². The molecule has 0 bridgehead atoms. The fourth-order valence-corrected chi connectivity index (χ4v) is 2.82. The second kappa shape index (κ2) is 9.87. The van der Waals surface area contributed by atoms with Gasteiger partial charge in [0.25, 0.3) is 0 Å². The summed E-state index contributed by atoms with van der Waals surface area (Å²) in [5.74, 6) is 0.0936. The van der Waals surface area contributed by atoms with Crippen molar-refractivity contribution in [1.82, 2.24) is 16.0 Å². The van der Waals surface area contributed by atoms with E-state index in [2.05, 4.69) is 22.9 Å². The first-order chi connectivity index (χ1) is 11.2. The first-order valence-corrected chi connectivity index (χ1v) is 9.22. The van der Waals surface area contributed by atoms with Crippen molar-refractivity contribution in [2.75, 3.05) is 6.54 Å². The lowest BCUT2D eigenvalue weighted by molar-refractivity contribution is -0.121. The standard InChI is InChI=1S/C18H35N3O3/c1-6-13(2)20-16(22)10-11-19-14-8-7-9-15(12-14)21-17(23)24-18(3,4)5/h13-15,19H,6-12H2,1-5H3,(H,20,22)(H,21,23). The molecule has 3 N–H and O–H groups in total. The Bertz CT molecular complexity index is 407. The zero-order chi connectivity index (χ0) is 18.2. The number of rotatable bonds is 7. The summed E-state index contributed by atoms with van der Waals surface area (Å²) in [7, 11) is 0. The molecule has 0 radical (unpaired) electrons. The smallest absolute Gasteiger partial charge is 0.407 e. The van der Waals surface area contributed by atoms with Crippen molar-refractivity contribution in [2.24, 2.45) is 0 Å². The SMILES string of the molecule is CCC(C)NC(=O)CCNC1CCCC(NC(=O)OC(C)(C)C)C1. The number of carbonyl (C=O) groups excluding carboxylic acids is 2. The predicted octanol–water partition coefficient (Wildman–Crippen LogP) is 2.72. The van der Waals surface area contributed by atoms with E-state index in [-0.39, 0.29) is 24.1 Å². The molecule has 140 valence electrons. The van der Waals surface area contributed by atoms with Gasteiger partial charge in [-0.25, -0.2) is 4.79 Å². The Kier molecular flexibility index (Phi) is 8.53. The quantitative estimate of drug-likeness (QED) is 0.665. The first-order valence-electron chi connectivity index (χ1n) is 9.22. The van der Waals surface area contributed by atoms with Gasteiger partial charge in [0.2, 0.25) is 5.91 Å². The van der Waals surface area contributed by atoms with Crippen LogP contribution in [0.25, 0.3) is 0 Å². The van der Waals surface area contributed by atoms with Crippen LogP contribution in [0.5, 0.6) is 0 Å². The largest absolute Gasteiger partial charge is 0.444 e. The van der Waals surface area contributed by atoms with Crippen molar-refractivity contribution >= 4 is 12.0 Å². The molecule has 24 heavy (non-hydrogen) atoms. The van der Waals surface area contributed by atoms with Crippen molar-refractivity contribution in [3.63, 3.8) is 0 Å². The van der Waals surface area contributed by atoms with Crippen molar-refractivity contribution in [3.05, 3.63) is 0 Å². The molecule has 0 aromatic rings. The molecule has 0 aromatic carbocycles. The van der Waals surface area contributed by atoms with Crippen LogP contribution in [-0.2, 0) is 9.53 Å². The minimum Gasteiger partial charge on any atom is -0.444 e. The topological polar surface area (TPSA) is 79.5 Å². The zero-order valence-corrected chi connectivity index (χ0v) is 15.9. The molecule has 0 heterocycles. The van der Waals surface area contributed by atoms with E-state index in [0.29, 0.717) is 19.0 Å². The minimum absolute atomic E-state index is 0.0936. The average molecular weight is 341 g/mol. The van der Waals surface area contributed by atoms with Gasteiger partial charge in [0.15, 0.2) is 0 Å². The van der Waals surface area contributed by atoms with Crippen molar-refractivity contribution in [2.45, 2.75) is 96.9 Å². The van der Waals surface area contributed by atoms with E-state index in [1.165, 1.54) is 0 Å². The Hall–Kier alpha value is -1.30. The maximum atomic E-state index is 11.9. The molecular weight excluding hydrogens is 306 g/mol. The van der Waals surface area contributed by atoms with E-state index in [9.17, 15) is 9.59 Å². The molecule has 1 saturated carbocycles. The first kappa shape index (κ1) is 20.7. The van der Waals surface area contributed by atoms with Gasteiger partial charge in [0.05, 0.1) is 0 Å². The van der Waals surface area contributed by atoms with Crippen molar-refractivity contribution in [1.29, 1.82) is 0 Å². The normalized spacial score (nSPS) is 22.5. The Balaban J connectivity index is 2.26. The second-order valence-electron chi connectivity index (χ2n) is 7.79. The summed E-state index contributed by atoms with van der Waals surface area (Å²) >= 11 is 0. The number of nitrogens with one attached hydrogen (secondary N) is 3. The van der Waals surface area contributed by atoms with E-state index in [1.807, 2.05) is 27.7 Å². The van der Waals surface area contributed by atoms with Gasteiger partial charge in [0.1, 0.15) is 5.60 Å². The van der Waals surface area contributed by atoms with Gasteiger partial charge < -0.3 is 20.7 Å². The van der Waals surface area contributed by atoms with Crippen LogP contribution in [0.1, 0.15) is 73.1 Å². The lowest BCUT2D eigenvalue weighted by Gasteiger charge is -2.31. The third-order valence-corrected chi connectivity index (χ3v) is 4.20. The monoisotopic (exact) mass is 341 g/mol. The third kappa shape index (κ3) is 9.11. The molecule has 0 aliphatic heterocycles. The molecule has 2 amide bonds. The third-order valence-electron chi connectivity index (χ3n) is 4.20. The predicted molar refractivity (Wildman–Crippen MR) is 95.9 cm³/mol. The van der Waals surface area contributed by atoms with Gasteiger partial charge in [-0.2, -0.15) is 0 Å². The average Bonchev–Trinajstić information content (AvgIpc) is 2.45. The summed E-state index contributed by atoms with van der Waals surface area (Å²) in [5, 5.41) is 9.37. The van der Waals surface area contributed by atoms with Crippen LogP contribution < -0.4 is 16.0 Å². The number of hydrogen-bond acceptors (Lipinski definition) is 4. The summed E-state index contributed by atoms with van der Waals surface area (Å²) in [6.07, 6.45) is 5.10. The van der Waals surface area contributed by atoms with E-state index in [4.69, 9.17) is 4.74 Å². The highest BCUT2D eigenvalue weighted by atomic mass is 16.6. The van der Waals surface area contributed by atoms with Gasteiger partial charge in [0, 0.05) is 31.1 Å². The van der Waals surface area contributed by atoms with Gasteiger partial charge in [-0.3, -0.25) is 4.79 Å². The molecule has 0 saturated heterocycles. The Labute approximate surface area is 146 Å². The highest BCUT2D eigenvalue weighted by Crippen LogP contribution is 2.19. The Morgan fingerprint density at radius 2 is 1.88 bits per heavy atom. The van der Waals surface area contributed by atoms with E-state index in [0.717, 1.165) is 32.1 Å². The molecule has 1 aliphatic rings. The fraction of sp³-hybridized carbons (Fsp3) is 0.889. The summed E-state index contributed by atoms with van der Waals surface area (Å²) < 4.78 is 5.31. The number of carbonyl (C=O) groups is 2. The van der Waals surface area contributed by atoms with Gasteiger partial charge in [-0.15, -0.1) is 0 Å². The maximum Gasteiger partial charge on any atom is 0.407 e. The minimum atomic E-state index is -0.473. The highest BCUT2D eigenvalue weighted by Gasteiger charge is 2.25. The van der Waals surface area contributed by atoms with Crippen LogP contribution in [0.4, 0.5) is 4.79 Å². The van der Waals surface area contributed by atoms with E-state index < -0.39 is 5.60 Å². The van der Waals surface area contributed by atoms with Crippen molar-refractivity contribution in [3.8, 4) is 0 Å². The molecule has 0 spiro atoms. The molecule has 3 unspecified atom stereocenters. The number of amides is 2. The second-order valence-corrected chi connectivity index (χ2v) is 7.79. The zero-order valence-electron chi connectivity index (χ0n) is 15.9. The summed E-state index contributed by atoms with van der Waals surface area (Å²) in [5.41, 5.74) is -0.473. The highest BCUT2D eigenvalue weighted by molar-refractivity contribution is 5.76. The summed E-state index contributed by atoms with van der Waals surface area (Å²) in [6, 6.07) is 0.713. The molecule has 6 heteroatoms. The number of hydrogen-bond donors (Lipinski definition) is 3. The maximum absolute atomic E-state index is 11.9. The van der Waals surface area contributed by atoms with Crippen molar-refractivity contribution < 1.29 is 14.3 Å². The van der Waals surface area contributed by atoms with Crippen LogP contribution in [0, 0.1) is 0 Å². The van der Waals surface area contributed by atoms with Gasteiger partial charge >= 0.3 is 6.09 Å². The number of ether oxygens (including phenoxy) is 1. The Morgan fingerprint density at radius 3 is 2.50 bits per heavy atom. The molecule has 1 rings (SSSR count). The van der Waals surface area contributed by atoms with Crippen LogP contribution in [0.2, 0.25) is 0 Å². The van der Waals surface area contributed by atoms with E-state index >= 15 is 0 Å². The summed E-state index contributed by atoms with van der Waals surface area (Å²) in [4.78, 5) is 23.6.